The zero-order valence-corrected chi connectivity index (χ0v) is 12.0. The van der Waals surface area contributed by atoms with Crippen LogP contribution in [-0.2, 0) is 0 Å². The molecule has 3 nitrogen and oxygen atoms in total. The molecular weight excluding hydrogens is 244 g/mol. The van der Waals surface area contributed by atoms with Gasteiger partial charge in [-0.05, 0) is 50.1 Å². The van der Waals surface area contributed by atoms with Crippen molar-refractivity contribution in [1.29, 1.82) is 0 Å². The number of nitrogen functional groups attached to an aromatic ring is 1. The van der Waals surface area contributed by atoms with Gasteiger partial charge in [-0.2, -0.15) is 11.8 Å². The lowest BCUT2D eigenvalue weighted by Gasteiger charge is -2.14. The Bertz CT molecular complexity index is 481. The van der Waals surface area contributed by atoms with Gasteiger partial charge in [-0.15, -0.1) is 0 Å². The van der Waals surface area contributed by atoms with Crippen LogP contribution in [0.3, 0.4) is 0 Å². The molecule has 0 bridgehead atoms. The van der Waals surface area contributed by atoms with E-state index in [1.54, 1.807) is 6.07 Å². The predicted molar refractivity (Wildman–Crippen MR) is 78.1 cm³/mol. The molecule has 1 fully saturated rings. The van der Waals surface area contributed by atoms with Crippen molar-refractivity contribution in [2.75, 3.05) is 18.5 Å². The quantitative estimate of drug-likeness (QED) is 0.822. The summed E-state index contributed by atoms with van der Waals surface area (Å²) in [5.74, 6) is -0.0143. The molecule has 1 amide bonds. The molecule has 0 atom stereocenters. The summed E-state index contributed by atoms with van der Waals surface area (Å²) in [6.07, 6.45) is 4.50. The van der Waals surface area contributed by atoms with Crippen molar-refractivity contribution in [2.45, 2.75) is 31.4 Å². The van der Waals surface area contributed by atoms with E-state index in [-0.39, 0.29) is 5.91 Å². The van der Waals surface area contributed by atoms with Gasteiger partial charge in [0.1, 0.15) is 0 Å². The SMILES string of the molecule is CSC1(CNC(=O)c2cc(N)c(C)cc2C)CC1. The van der Waals surface area contributed by atoms with Crippen LogP contribution in [0.25, 0.3) is 0 Å². The van der Waals surface area contributed by atoms with Crippen molar-refractivity contribution >= 4 is 23.4 Å². The minimum Gasteiger partial charge on any atom is -0.398 e. The molecule has 2 rings (SSSR count). The van der Waals surface area contributed by atoms with E-state index in [1.807, 2.05) is 31.7 Å². The molecule has 1 aromatic carbocycles. The number of amides is 1. The van der Waals surface area contributed by atoms with E-state index in [1.165, 1.54) is 12.8 Å². The van der Waals surface area contributed by atoms with Crippen molar-refractivity contribution in [2.24, 2.45) is 0 Å². The number of carbonyl (C=O) groups excluding carboxylic acids is 1. The van der Waals surface area contributed by atoms with Gasteiger partial charge in [-0.3, -0.25) is 4.79 Å². The number of rotatable bonds is 4. The van der Waals surface area contributed by atoms with Crippen LogP contribution in [0.1, 0.15) is 34.3 Å². The van der Waals surface area contributed by atoms with Gasteiger partial charge in [-0.1, -0.05) is 6.07 Å². The summed E-state index contributed by atoms with van der Waals surface area (Å²) < 4.78 is 0.291. The smallest absolute Gasteiger partial charge is 0.251 e. The van der Waals surface area contributed by atoms with Crippen LogP contribution in [0, 0.1) is 13.8 Å². The van der Waals surface area contributed by atoms with Crippen molar-refractivity contribution in [3.8, 4) is 0 Å². The van der Waals surface area contributed by atoms with E-state index >= 15 is 0 Å². The monoisotopic (exact) mass is 264 g/mol. The third kappa shape index (κ3) is 2.64. The Balaban J connectivity index is 2.07. The number of benzene rings is 1. The molecule has 0 unspecified atom stereocenters. The van der Waals surface area contributed by atoms with Crippen LogP contribution >= 0.6 is 11.8 Å². The Kier molecular flexibility index (Phi) is 3.57. The molecule has 98 valence electrons. The zero-order chi connectivity index (χ0) is 13.3. The third-order valence-corrected chi connectivity index (χ3v) is 5.09. The first-order valence-corrected chi connectivity index (χ1v) is 7.40. The highest BCUT2D eigenvalue weighted by atomic mass is 32.2. The van der Waals surface area contributed by atoms with E-state index in [9.17, 15) is 4.79 Å². The number of thioether (sulfide) groups is 1. The molecule has 0 radical (unpaired) electrons. The third-order valence-electron chi connectivity index (χ3n) is 3.67. The van der Waals surface area contributed by atoms with Gasteiger partial charge in [0.05, 0.1) is 0 Å². The largest absolute Gasteiger partial charge is 0.398 e. The van der Waals surface area contributed by atoms with E-state index in [4.69, 9.17) is 5.73 Å². The molecule has 1 aliphatic carbocycles. The lowest BCUT2D eigenvalue weighted by atomic mass is 10.0. The molecule has 4 heteroatoms. The first-order chi connectivity index (χ1) is 8.47. The van der Waals surface area contributed by atoms with Crippen LogP contribution in [0.4, 0.5) is 5.69 Å². The predicted octanol–water partition coefficient (Wildman–Crippen LogP) is 2.51. The van der Waals surface area contributed by atoms with Crippen molar-refractivity contribution in [1.82, 2.24) is 5.32 Å². The highest BCUT2D eigenvalue weighted by Crippen LogP contribution is 2.46. The molecule has 18 heavy (non-hydrogen) atoms. The molecule has 1 saturated carbocycles. The average molecular weight is 264 g/mol. The Morgan fingerprint density at radius 2 is 2.06 bits per heavy atom. The van der Waals surface area contributed by atoms with Crippen LogP contribution in [0.2, 0.25) is 0 Å². The van der Waals surface area contributed by atoms with Gasteiger partial charge in [0.2, 0.25) is 0 Å². The average Bonchev–Trinajstić information content (AvgIpc) is 3.11. The molecular formula is C14H20N2OS. The fourth-order valence-corrected chi connectivity index (χ4v) is 2.77. The van der Waals surface area contributed by atoms with Gasteiger partial charge < -0.3 is 11.1 Å². The second-order valence-electron chi connectivity index (χ2n) is 5.09. The number of carbonyl (C=O) groups is 1. The van der Waals surface area contributed by atoms with Gasteiger partial charge in [-0.25, -0.2) is 0 Å². The normalized spacial score (nSPS) is 16.4. The molecule has 0 saturated heterocycles. The van der Waals surface area contributed by atoms with Crippen LogP contribution in [0.15, 0.2) is 12.1 Å². The highest BCUT2D eigenvalue weighted by Gasteiger charge is 2.41. The van der Waals surface area contributed by atoms with E-state index in [2.05, 4.69) is 11.6 Å². The van der Waals surface area contributed by atoms with Gasteiger partial charge in [0, 0.05) is 22.5 Å². The number of hydrogen-bond donors (Lipinski definition) is 2. The number of aryl methyl sites for hydroxylation is 2. The topological polar surface area (TPSA) is 55.1 Å². The number of hydrogen-bond acceptors (Lipinski definition) is 3. The number of anilines is 1. The maximum Gasteiger partial charge on any atom is 0.251 e. The van der Waals surface area contributed by atoms with Crippen molar-refractivity contribution in [3.05, 3.63) is 28.8 Å². The molecule has 0 aliphatic heterocycles. The maximum absolute atomic E-state index is 12.1. The fraction of sp³-hybridized carbons (Fsp3) is 0.500. The molecule has 1 aliphatic rings. The summed E-state index contributed by atoms with van der Waals surface area (Å²) in [7, 11) is 0. The lowest BCUT2D eigenvalue weighted by molar-refractivity contribution is 0.0952. The Morgan fingerprint density at radius 1 is 1.39 bits per heavy atom. The summed E-state index contributed by atoms with van der Waals surface area (Å²) in [5.41, 5.74) is 9.23. The minimum absolute atomic E-state index is 0.0143. The van der Waals surface area contributed by atoms with Gasteiger partial charge in [0.15, 0.2) is 0 Å². The number of nitrogens with two attached hydrogens (primary N) is 1. The maximum atomic E-state index is 12.1. The van der Waals surface area contributed by atoms with Gasteiger partial charge in [0.25, 0.3) is 5.91 Å². The second-order valence-corrected chi connectivity index (χ2v) is 6.37. The van der Waals surface area contributed by atoms with Crippen LogP contribution in [0.5, 0.6) is 0 Å². The highest BCUT2D eigenvalue weighted by molar-refractivity contribution is 8.00. The van der Waals surface area contributed by atoms with E-state index in [0.717, 1.165) is 17.7 Å². The molecule has 0 heterocycles. The lowest BCUT2D eigenvalue weighted by Crippen LogP contribution is -2.32. The summed E-state index contributed by atoms with van der Waals surface area (Å²) in [6.45, 7) is 4.65. The Hall–Kier alpha value is -1.16. The first kappa shape index (κ1) is 13.3. The standard InChI is InChI=1S/C14H20N2OS/c1-9-6-10(2)12(15)7-11(9)13(17)16-8-14(18-3)4-5-14/h6-7H,4-5,8,15H2,1-3H3,(H,16,17). The second kappa shape index (κ2) is 4.84. The van der Waals surface area contributed by atoms with E-state index in [0.29, 0.717) is 16.0 Å². The Labute approximate surface area is 113 Å². The molecule has 1 aromatic rings. The fourth-order valence-electron chi connectivity index (χ4n) is 2.04. The van der Waals surface area contributed by atoms with Crippen LogP contribution < -0.4 is 11.1 Å². The summed E-state index contributed by atoms with van der Waals surface area (Å²) >= 11 is 1.85. The van der Waals surface area contributed by atoms with Gasteiger partial charge >= 0.3 is 0 Å². The summed E-state index contributed by atoms with van der Waals surface area (Å²) in [4.78, 5) is 12.1. The summed E-state index contributed by atoms with van der Waals surface area (Å²) in [5, 5.41) is 3.02. The zero-order valence-electron chi connectivity index (χ0n) is 11.2. The molecule has 0 aromatic heterocycles. The molecule has 0 spiro atoms. The van der Waals surface area contributed by atoms with E-state index < -0.39 is 0 Å². The molecule has 3 N–H and O–H groups in total. The number of nitrogens with one attached hydrogen (secondary N) is 1. The van der Waals surface area contributed by atoms with Crippen molar-refractivity contribution in [3.63, 3.8) is 0 Å². The van der Waals surface area contributed by atoms with Crippen LogP contribution in [-0.4, -0.2) is 23.5 Å². The Morgan fingerprint density at radius 3 is 2.61 bits per heavy atom. The van der Waals surface area contributed by atoms with Crippen molar-refractivity contribution < 1.29 is 4.79 Å². The summed E-state index contributed by atoms with van der Waals surface area (Å²) in [6, 6.07) is 3.74. The minimum atomic E-state index is -0.0143. The first-order valence-electron chi connectivity index (χ1n) is 6.17.